The molecule has 0 aliphatic carbocycles. The van der Waals surface area contributed by atoms with Crippen LogP contribution in [-0.2, 0) is 10.0 Å². The normalized spacial score (nSPS) is 12.9. The van der Waals surface area contributed by atoms with Gasteiger partial charge in [-0.3, -0.25) is 4.68 Å². The first kappa shape index (κ1) is 17.7. The fourth-order valence-corrected chi connectivity index (χ4v) is 4.58. The van der Waals surface area contributed by atoms with Crippen LogP contribution >= 0.6 is 11.3 Å². The van der Waals surface area contributed by atoms with Gasteiger partial charge in [-0.2, -0.15) is 16.4 Å². The highest BCUT2D eigenvalue weighted by Gasteiger charge is 2.21. The van der Waals surface area contributed by atoms with Crippen molar-refractivity contribution < 1.29 is 13.2 Å². The van der Waals surface area contributed by atoms with Gasteiger partial charge in [-0.05, 0) is 59.1 Å². The number of aromatic nitrogens is 2. The van der Waals surface area contributed by atoms with Crippen molar-refractivity contribution in [3.63, 3.8) is 0 Å². The van der Waals surface area contributed by atoms with E-state index < -0.39 is 10.0 Å². The molecule has 1 aromatic carbocycles. The molecular weight excluding hydrogens is 358 g/mol. The number of benzene rings is 1. The predicted molar refractivity (Wildman–Crippen MR) is 97.6 cm³/mol. The molecule has 8 heteroatoms. The molecule has 0 spiro atoms. The van der Waals surface area contributed by atoms with Gasteiger partial charge in [0.05, 0.1) is 18.0 Å². The summed E-state index contributed by atoms with van der Waals surface area (Å²) in [6.07, 6.45) is 3.51. The Morgan fingerprint density at radius 3 is 2.80 bits per heavy atom. The predicted octanol–water partition coefficient (Wildman–Crippen LogP) is 2.83. The highest BCUT2D eigenvalue weighted by atomic mass is 32.2. The van der Waals surface area contributed by atoms with E-state index in [1.807, 2.05) is 29.1 Å². The smallest absolute Gasteiger partial charge is 0.240 e. The summed E-state index contributed by atoms with van der Waals surface area (Å²) in [6, 6.07) is 8.51. The van der Waals surface area contributed by atoms with Crippen molar-refractivity contribution in [3.8, 4) is 5.75 Å². The Bertz CT molecular complexity index is 886. The van der Waals surface area contributed by atoms with Crippen molar-refractivity contribution >= 4 is 21.4 Å². The molecule has 0 saturated heterocycles. The van der Waals surface area contributed by atoms with Crippen molar-refractivity contribution in [2.75, 3.05) is 13.7 Å². The minimum Gasteiger partial charge on any atom is -0.497 e. The molecule has 0 radical (unpaired) electrons. The van der Waals surface area contributed by atoms with Gasteiger partial charge >= 0.3 is 0 Å². The maximum absolute atomic E-state index is 12.7. The average molecular weight is 377 g/mol. The van der Waals surface area contributed by atoms with Crippen LogP contribution in [0.1, 0.15) is 17.2 Å². The molecule has 6 nitrogen and oxygen atoms in total. The number of hydrogen-bond donors (Lipinski definition) is 1. The van der Waals surface area contributed by atoms with Crippen LogP contribution in [0.15, 0.2) is 58.4 Å². The van der Waals surface area contributed by atoms with E-state index in [1.54, 1.807) is 54.4 Å². The van der Waals surface area contributed by atoms with Gasteiger partial charge in [0.2, 0.25) is 10.0 Å². The second-order valence-corrected chi connectivity index (χ2v) is 8.06. The number of aryl methyl sites for hydroxylation is 1. The lowest BCUT2D eigenvalue weighted by atomic mass is 10.1. The molecule has 25 heavy (non-hydrogen) atoms. The average Bonchev–Trinajstić information content (AvgIpc) is 3.28. The molecule has 0 saturated carbocycles. The zero-order chi connectivity index (χ0) is 17.9. The molecule has 3 aromatic rings. The summed E-state index contributed by atoms with van der Waals surface area (Å²) < 4.78 is 35.0. The van der Waals surface area contributed by atoms with Crippen LogP contribution < -0.4 is 9.46 Å². The van der Waals surface area contributed by atoms with Crippen molar-refractivity contribution in [1.82, 2.24) is 14.5 Å². The molecule has 2 heterocycles. The van der Waals surface area contributed by atoms with Crippen LogP contribution in [0.25, 0.3) is 0 Å². The van der Waals surface area contributed by atoms with Gasteiger partial charge in [-0.25, -0.2) is 13.1 Å². The van der Waals surface area contributed by atoms with Crippen molar-refractivity contribution in [1.29, 1.82) is 0 Å². The summed E-state index contributed by atoms with van der Waals surface area (Å²) in [4.78, 5) is 0.248. The quantitative estimate of drug-likeness (QED) is 0.687. The van der Waals surface area contributed by atoms with Crippen LogP contribution in [0.3, 0.4) is 0 Å². The fraction of sp³-hybridized carbons (Fsp3) is 0.235. The molecule has 0 fully saturated rings. The SMILES string of the molecule is COc1ccc(S(=O)(=O)NCC(c2ccsc2)n2cccn2)c(C)c1. The number of rotatable bonds is 7. The van der Waals surface area contributed by atoms with E-state index in [4.69, 9.17) is 4.74 Å². The Kier molecular flexibility index (Phi) is 5.22. The van der Waals surface area contributed by atoms with E-state index in [1.165, 1.54) is 0 Å². The Balaban J connectivity index is 1.83. The number of hydrogen-bond acceptors (Lipinski definition) is 5. The molecule has 2 aromatic heterocycles. The number of ether oxygens (including phenoxy) is 1. The van der Waals surface area contributed by atoms with E-state index in [0.717, 1.165) is 5.56 Å². The van der Waals surface area contributed by atoms with Crippen LogP contribution in [0.2, 0.25) is 0 Å². The molecule has 0 amide bonds. The largest absolute Gasteiger partial charge is 0.497 e. The van der Waals surface area contributed by atoms with E-state index in [9.17, 15) is 8.42 Å². The van der Waals surface area contributed by atoms with Gasteiger partial charge < -0.3 is 4.74 Å². The minimum atomic E-state index is -3.64. The summed E-state index contributed by atoms with van der Waals surface area (Å²) in [5.41, 5.74) is 1.65. The maximum atomic E-state index is 12.7. The lowest BCUT2D eigenvalue weighted by Gasteiger charge is -2.18. The van der Waals surface area contributed by atoms with Crippen LogP contribution in [0.5, 0.6) is 5.75 Å². The highest BCUT2D eigenvalue weighted by molar-refractivity contribution is 7.89. The van der Waals surface area contributed by atoms with Crippen LogP contribution in [-0.4, -0.2) is 31.9 Å². The minimum absolute atomic E-state index is 0.199. The lowest BCUT2D eigenvalue weighted by Crippen LogP contribution is -2.31. The van der Waals surface area contributed by atoms with E-state index in [2.05, 4.69) is 9.82 Å². The third-order valence-electron chi connectivity index (χ3n) is 3.91. The lowest BCUT2D eigenvalue weighted by molar-refractivity contribution is 0.414. The van der Waals surface area contributed by atoms with E-state index in [-0.39, 0.29) is 17.5 Å². The second kappa shape index (κ2) is 7.38. The van der Waals surface area contributed by atoms with Crippen molar-refractivity contribution in [2.45, 2.75) is 17.9 Å². The summed E-state index contributed by atoms with van der Waals surface area (Å²) >= 11 is 1.57. The zero-order valence-corrected chi connectivity index (χ0v) is 15.5. The van der Waals surface area contributed by atoms with E-state index in [0.29, 0.717) is 11.3 Å². The standard InChI is InChI=1S/C17H19N3O3S2/c1-13-10-15(23-2)4-5-17(13)25(21,22)19-11-16(14-6-9-24-12-14)20-8-3-7-18-20/h3-10,12,16,19H,11H2,1-2H3. The molecule has 3 rings (SSSR count). The first-order valence-corrected chi connectivity index (χ1v) is 10.1. The monoisotopic (exact) mass is 377 g/mol. The summed E-state index contributed by atoms with van der Waals surface area (Å²) in [5.74, 6) is 0.629. The molecule has 0 aliphatic heterocycles. The first-order valence-electron chi connectivity index (χ1n) is 7.67. The van der Waals surface area contributed by atoms with Gasteiger partial charge in [-0.15, -0.1) is 0 Å². The summed E-state index contributed by atoms with van der Waals surface area (Å²) in [5, 5.41) is 8.22. The number of nitrogens with zero attached hydrogens (tertiary/aromatic N) is 2. The van der Waals surface area contributed by atoms with Gasteiger partial charge in [0.15, 0.2) is 0 Å². The van der Waals surface area contributed by atoms with Gasteiger partial charge in [-0.1, -0.05) is 0 Å². The molecule has 1 unspecified atom stereocenters. The Hall–Kier alpha value is -2.16. The first-order chi connectivity index (χ1) is 12.0. The summed E-state index contributed by atoms with van der Waals surface area (Å²) in [7, 11) is -2.08. The Morgan fingerprint density at radius 2 is 2.20 bits per heavy atom. The zero-order valence-electron chi connectivity index (χ0n) is 13.9. The third kappa shape index (κ3) is 3.92. The molecular formula is C17H19N3O3S2. The van der Waals surface area contributed by atoms with Crippen molar-refractivity contribution in [3.05, 3.63) is 64.6 Å². The summed E-state index contributed by atoms with van der Waals surface area (Å²) in [6.45, 7) is 1.97. The number of sulfonamides is 1. The third-order valence-corrected chi connectivity index (χ3v) is 6.20. The Morgan fingerprint density at radius 1 is 1.36 bits per heavy atom. The fourth-order valence-electron chi connectivity index (χ4n) is 2.61. The maximum Gasteiger partial charge on any atom is 0.240 e. The number of nitrogens with one attached hydrogen (secondary N) is 1. The number of thiophene rings is 1. The molecule has 0 aliphatic rings. The topological polar surface area (TPSA) is 73.2 Å². The molecule has 0 bridgehead atoms. The van der Waals surface area contributed by atoms with Gasteiger partial charge in [0.1, 0.15) is 5.75 Å². The van der Waals surface area contributed by atoms with E-state index >= 15 is 0 Å². The Labute approximate surface area is 151 Å². The van der Waals surface area contributed by atoms with Crippen LogP contribution in [0.4, 0.5) is 0 Å². The van der Waals surface area contributed by atoms with Gasteiger partial charge in [0.25, 0.3) is 0 Å². The van der Waals surface area contributed by atoms with Crippen molar-refractivity contribution in [2.24, 2.45) is 0 Å². The molecule has 132 valence electrons. The van der Waals surface area contributed by atoms with Crippen LogP contribution in [0, 0.1) is 6.92 Å². The van der Waals surface area contributed by atoms with Gasteiger partial charge in [0, 0.05) is 18.9 Å². The number of methoxy groups -OCH3 is 1. The molecule has 1 atom stereocenters. The molecule has 1 N–H and O–H groups in total. The second-order valence-electron chi connectivity index (χ2n) is 5.54. The highest BCUT2D eigenvalue weighted by Crippen LogP contribution is 2.23.